The van der Waals surface area contributed by atoms with Crippen molar-refractivity contribution in [1.29, 1.82) is 0 Å². The molecule has 0 aliphatic carbocycles. The van der Waals surface area contributed by atoms with E-state index in [9.17, 15) is 22.8 Å². The average Bonchev–Trinajstić information content (AvgIpc) is 2.90. The lowest BCUT2D eigenvalue weighted by Crippen LogP contribution is -2.34. The van der Waals surface area contributed by atoms with Crippen molar-refractivity contribution in [3.8, 4) is 0 Å². The number of ketones is 1. The number of likely N-dealkylation sites (tertiary alicyclic amines) is 1. The predicted molar refractivity (Wildman–Crippen MR) is 95.1 cm³/mol. The first-order valence-corrected chi connectivity index (χ1v) is 9.69. The molecule has 3 rings (SSSR count). The number of hydrogen-bond donors (Lipinski definition) is 1. The average molecular weight is 372 g/mol. The van der Waals surface area contributed by atoms with E-state index in [0.29, 0.717) is 5.56 Å². The van der Waals surface area contributed by atoms with Gasteiger partial charge in [-0.15, -0.1) is 0 Å². The fourth-order valence-corrected chi connectivity index (χ4v) is 3.43. The van der Waals surface area contributed by atoms with Crippen molar-refractivity contribution in [3.05, 3.63) is 65.7 Å². The van der Waals surface area contributed by atoms with Crippen molar-refractivity contribution < 1.29 is 22.8 Å². The number of para-hydroxylation sites is 1. The molecule has 1 aliphatic heterocycles. The van der Waals surface area contributed by atoms with E-state index in [2.05, 4.69) is 4.72 Å². The van der Waals surface area contributed by atoms with Crippen LogP contribution in [0.25, 0.3) is 0 Å². The summed E-state index contributed by atoms with van der Waals surface area (Å²) in [7, 11) is -3.61. The van der Waals surface area contributed by atoms with Gasteiger partial charge in [0.25, 0.3) is 11.8 Å². The molecule has 1 saturated heterocycles. The number of carbonyl (C=O) groups is 3. The van der Waals surface area contributed by atoms with Crippen molar-refractivity contribution in [2.24, 2.45) is 0 Å². The van der Waals surface area contributed by atoms with E-state index in [1.807, 2.05) is 0 Å². The van der Waals surface area contributed by atoms with Gasteiger partial charge in [0.2, 0.25) is 15.8 Å². The number of anilines is 1. The molecule has 1 heterocycles. The van der Waals surface area contributed by atoms with Gasteiger partial charge < -0.3 is 0 Å². The van der Waals surface area contributed by atoms with E-state index in [0.717, 1.165) is 11.2 Å². The highest BCUT2D eigenvalue weighted by molar-refractivity contribution is 7.92. The van der Waals surface area contributed by atoms with E-state index in [1.54, 1.807) is 42.5 Å². The van der Waals surface area contributed by atoms with Crippen molar-refractivity contribution in [1.82, 2.24) is 4.90 Å². The molecule has 26 heavy (non-hydrogen) atoms. The van der Waals surface area contributed by atoms with Crippen LogP contribution in [-0.2, 0) is 19.6 Å². The molecule has 1 N–H and O–H groups in total. The highest BCUT2D eigenvalue weighted by Gasteiger charge is 2.43. The number of sulfonamides is 1. The maximum atomic E-state index is 12.8. The molecule has 0 unspecified atom stereocenters. The monoisotopic (exact) mass is 372 g/mol. The van der Waals surface area contributed by atoms with E-state index in [4.69, 9.17) is 0 Å². The van der Waals surface area contributed by atoms with Crippen LogP contribution in [0.15, 0.2) is 54.6 Å². The maximum absolute atomic E-state index is 12.8. The van der Waals surface area contributed by atoms with Crippen LogP contribution in [0.4, 0.5) is 5.69 Å². The SMILES string of the molecule is CS(=O)(=O)Nc1ccccc1C(=O)N1C[C@@H](c2ccccc2)C(=O)C1=O. The zero-order valence-corrected chi connectivity index (χ0v) is 14.7. The summed E-state index contributed by atoms with van der Waals surface area (Å²) >= 11 is 0. The lowest BCUT2D eigenvalue weighted by molar-refractivity contribution is -0.139. The second-order valence-electron chi connectivity index (χ2n) is 5.97. The molecule has 1 fully saturated rings. The summed E-state index contributed by atoms with van der Waals surface area (Å²) in [6.45, 7) is -0.0757. The molecule has 0 bridgehead atoms. The number of hydrogen-bond acceptors (Lipinski definition) is 5. The molecule has 2 amide bonds. The molecule has 134 valence electrons. The quantitative estimate of drug-likeness (QED) is 0.646. The molecule has 2 aromatic rings. The standard InChI is InChI=1S/C18H16N2O5S/c1-26(24,25)19-15-10-6-5-9-13(15)17(22)20-11-14(16(21)18(20)23)12-7-3-2-4-8-12/h2-10,14,19H,11H2,1H3/t14-/m0/s1. The fraction of sp³-hybridized carbons (Fsp3) is 0.167. The molecule has 0 radical (unpaired) electrons. The first kappa shape index (κ1) is 17.8. The third kappa shape index (κ3) is 3.50. The molecule has 1 aliphatic rings. The van der Waals surface area contributed by atoms with Gasteiger partial charge in [-0.3, -0.25) is 24.0 Å². The number of carbonyl (C=O) groups excluding carboxylic acids is 3. The Balaban J connectivity index is 1.92. The molecule has 1 atom stereocenters. The number of Topliss-reactive ketones (excluding diaryl/α,β-unsaturated/α-hetero) is 1. The van der Waals surface area contributed by atoms with Gasteiger partial charge >= 0.3 is 0 Å². The first-order valence-electron chi connectivity index (χ1n) is 7.80. The Morgan fingerprint density at radius 1 is 1.04 bits per heavy atom. The summed E-state index contributed by atoms with van der Waals surface area (Å²) in [4.78, 5) is 38.3. The number of benzene rings is 2. The summed E-state index contributed by atoms with van der Waals surface area (Å²) < 4.78 is 25.2. The van der Waals surface area contributed by atoms with Crippen molar-refractivity contribution >= 4 is 33.3 Å². The zero-order chi connectivity index (χ0) is 18.9. The van der Waals surface area contributed by atoms with Gasteiger partial charge in [0.15, 0.2) is 0 Å². The molecule has 0 spiro atoms. The molecule has 0 aromatic heterocycles. The summed E-state index contributed by atoms with van der Waals surface area (Å²) in [5.74, 6) is -2.98. The van der Waals surface area contributed by atoms with Crippen LogP contribution in [0, 0.1) is 0 Å². The van der Waals surface area contributed by atoms with Crippen LogP contribution >= 0.6 is 0 Å². The van der Waals surface area contributed by atoms with Gasteiger partial charge in [0.1, 0.15) is 0 Å². The smallest absolute Gasteiger partial charge is 0.288 e. The Morgan fingerprint density at radius 3 is 2.31 bits per heavy atom. The Hall–Kier alpha value is -3.00. The highest BCUT2D eigenvalue weighted by atomic mass is 32.2. The van der Waals surface area contributed by atoms with Crippen LogP contribution in [0.2, 0.25) is 0 Å². The van der Waals surface area contributed by atoms with Crippen LogP contribution in [0.5, 0.6) is 0 Å². The number of nitrogens with one attached hydrogen (secondary N) is 1. The van der Waals surface area contributed by atoms with Crippen LogP contribution in [0.1, 0.15) is 21.8 Å². The topological polar surface area (TPSA) is 101 Å². The summed E-state index contributed by atoms with van der Waals surface area (Å²) in [5, 5.41) is 0. The Bertz CT molecular complexity index is 986. The molecule has 2 aromatic carbocycles. The van der Waals surface area contributed by atoms with Gasteiger partial charge in [-0.05, 0) is 17.7 Å². The molecule has 0 saturated carbocycles. The maximum Gasteiger partial charge on any atom is 0.297 e. The van der Waals surface area contributed by atoms with E-state index in [1.165, 1.54) is 12.1 Å². The number of amides is 2. The molecular formula is C18H16N2O5S. The van der Waals surface area contributed by atoms with Crippen LogP contribution in [0.3, 0.4) is 0 Å². The number of imide groups is 1. The molecule has 7 nitrogen and oxygen atoms in total. The normalized spacial score (nSPS) is 17.4. The summed E-state index contributed by atoms with van der Waals surface area (Å²) in [6.07, 6.45) is 0.963. The van der Waals surface area contributed by atoms with E-state index >= 15 is 0 Å². The minimum Gasteiger partial charge on any atom is -0.288 e. The van der Waals surface area contributed by atoms with Crippen LogP contribution in [-0.4, -0.2) is 43.7 Å². The Labute approximate surface area is 150 Å². The van der Waals surface area contributed by atoms with Crippen molar-refractivity contribution in [2.75, 3.05) is 17.5 Å². The number of nitrogens with zero attached hydrogens (tertiary/aromatic N) is 1. The Kier molecular flexibility index (Phi) is 4.60. The van der Waals surface area contributed by atoms with Gasteiger partial charge in [-0.1, -0.05) is 42.5 Å². The van der Waals surface area contributed by atoms with Crippen LogP contribution < -0.4 is 4.72 Å². The van der Waals surface area contributed by atoms with E-state index in [-0.39, 0.29) is 17.8 Å². The van der Waals surface area contributed by atoms with Crippen molar-refractivity contribution in [2.45, 2.75) is 5.92 Å². The largest absolute Gasteiger partial charge is 0.297 e. The third-order valence-corrected chi connectivity index (χ3v) is 4.63. The van der Waals surface area contributed by atoms with Gasteiger partial charge in [-0.2, -0.15) is 0 Å². The minimum atomic E-state index is -3.61. The van der Waals surface area contributed by atoms with Gasteiger partial charge in [0, 0.05) is 6.54 Å². The fourth-order valence-electron chi connectivity index (χ4n) is 2.85. The lowest BCUT2D eigenvalue weighted by Gasteiger charge is -2.16. The molecule has 8 heteroatoms. The minimum absolute atomic E-state index is 0.00721. The lowest BCUT2D eigenvalue weighted by atomic mass is 9.97. The second kappa shape index (κ2) is 6.72. The van der Waals surface area contributed by atoms with Crippen molar-refractivity contribution in [3.63, 3.8) is 0 Å². The van der Waals surface area contributed by atoms with Gasteiger partial charge in [-0.25, -0.2) is 8.42 Å². The highest BCUT2D eigenvalue weighted by Crippen LogP contribution is 2.28. The van der Waals surface area contributed by atoms with E-state index < -0.39 is 33.5 Å². The Morgan fingerprint density at radius 2 is 1.65 bits per heavy atom. The first-order chi connectivity index (χ1) is 12.3. The third-order valence-electron chi connectivity index (χ3n) is 4.04. The predicted octanol–water partition coefficient (Wildman–Crippen LogP) is 1.39. The number of rotatable bonds is 4. The second-order valence-corrected chi connectivity index (χ2v) is 7.72. The summed E-state index contributed by atoms with van der Waals surface area (Å²) in [6, 6.07) is 14.7. The zero-order valence-electron chi connectivity index (χ0n) is 13.9. The molecular weight excluding hydrogens is 356 g/mol. The van der Waals surface area contributed by atoms with Gasteiger partial charge in [0.05, 0.1) is 23.4 Å². The summed E-state index contributed by atoms with van der Waals surface area (Å²) in [5.41, 5.74) is 0.722.